The molecule has 1 aromatic carbocycles. The Morgan fingerprint density at radius 2 is 1.79 bits per heavy atom. The van der Waals surface area contributed by atoms with Crippen LogP contribution in [-0.2, 0) is 0 Å². The van der Waals surface area contributed by atoms with Crippen molar-refractivity contribution in [1.82, 2.24) is 0 Å². The Morgan fingerprint density at radius 1 is 1.11 bits per heavy atom. The second kappa shape index (κ2) is 5.34. The molecule has 1 aliphatic heterocycles. The third-order valence-corrected chi connectivity index (χ3v) is 4.72. The summed E-state index contributed by atoms with van der Waals surface area (Å²) in [6.45, 7) is 0. The number of aliphatic hydroxyl groups excluding tert-OH is 1. The molecule has 1 saturated carbocycles. The van der Waals surface area contributed by atoms with Crippen molar-refractivity contribution >= 4 is 11.6 Å². The normalized spacial score (nSPS) is 26.1. The Balaban J connectivity index is 1.88. The van der Waals surface area contributed by atoms with Gasteiger partial charge in [-0.1, -0.05) is 30.9 Å². The Kier molecular flexibility index (Phi) is 3.72. The number of hydrogen-bond acceptors (Lipinski definition) is 2. The number of benzene rings is 1. The van der Waals surface area contributed by atoms with E-state index < -0.39 is 6.10 Å². The van der Waals surface area contributed by atoms with Crippen LogP contribution < -0.4 is 4.74 Å². The van der Waals surface area contributed by atoms with Gasteiger partial charge in [-0.15, -0.1) is 0 Å². The Hall–Kier alpha value is -0.730. The zero-order valence-corrected chi connectivity index (χ0v) is 12.0. The van der Waals surface area contributed by atoms with Crippen LogP contribution in [0.3, 0.4) is 0 Å². The standard InChI is InChI=1S/C16H21ClO2/c17-12-6-7-15-13(10-12)14(18)11-16(19-15)8-4-2-1-3-5-9-16/h6-7,10,14,18H,1-5,8-9,11H2/t14-/m1/s1. The highest BCUT2D eigenvalue weighted by atomic mass is 35.5. The summed E-state index contributed by atoms with van der Waals surface area (Å²) in [4.78, 5) is 0. The van der Waals surface area contributed by atoms with E-state index >= 15 is 0 Å². The van der Waals surface area contributed by atoms with E-state index in [1.165, 1.54) is 32.1 Å². The molecule has 0 radical (unpaired) electrons. The van der Waals surface area contributed by atoms with Crippen molar-refractivity contribution in [2.75, 3.05) is 0 Å². The first-order chi connectivity index (χ1) is 9.19. The lowest BCUT2D eigenvalue weighted by molar-refractivity contribution is -0.0312. The van der Waals surface area contributed by atoms with Crippen LogP contribution in [0.5, 0.6) is 5.75 Å². The molecule has 0 bridgehead atoms. The van der Waals surface area contributed by atoms with Crippen LogP contribution in [0.25, 0.3) is 0 Å². The van der Waals surface area contributed by atoms with E-state index in [0.717, 1.165) is 24.2 Å². The van der Waals surface area contributed by atoms with E-state index in [9.17, 15) is 5.11 Å². The molecule has 1 atom stereocenters. The number of aliphatic hydroxyl groups is 1. The highest BCUT2D eigenvalue weighted by molar-refractivity contribution is 6.30. The molecule has 1 spiro atoms. The average Bonchev–Trinajstić information content (AvgIpc) is 2.36. The second-order valence-electron chi connectivity index (χ2n) is 5.95. The van der Waals surface area contributed by atoms with Gasteiger partial charge in [0, 0.05) is 17.0 Å². The van der Waals surface area contributed by atoms with Crippen molar-refractivity contribution in [2.45, 2.75) is 63.1 Å². The zero-order valence-electron chi connectivity index (χ0n) is 11.2. The summed E-state index contributed by atoms with van der Waals surface area (Å²) in [5.41, 5.74) is 0.695. The molecule has 1 aromatic rings. The minimum absolute atomic E-state index is 0.152. The van der Waals surface area contributed by atoms with Crippen LogP contribution in [0, 0.1) is 0 Å². The van der Waals surface area contributed by atoms with Crippen molar-refractivity contribution in [3.63, 3.8) is 0 Å². The third kappa shape index (κ3) is 2.75. The Bertz CT molecular complexity index is 450. The Labute approximate surface area is 119 Å². The van der Waals surface area contributed by atoms with E-state index in [-0.39, 0.29) is 5.60 Å². The number of rotatable bonds is 0. The summed E-state index contributed by atoms with van der Waals surface area (Å²) in [5, 5.41) is 11.1. The smallest absolute Gasteiger partial charge is 0.126 e. The van der Waals surface area contributed by atoms with Crippen molar-refractivity contribution in [2.24, 2.45) is 0 Å². The summed E-state index contributed by atoms with van der Waals surface area (Å²) in [6.07, 6.45) is 8.71. The summed E-state index contributed by atoms with van der Waals surface area (Å²) in [6, 6.07) is 5.58. The van der Waals surface area contributed by atoms with Crippen molar-refractivity contribution in [3.8, 4) is 5.75 Å². The van der Waals surface area contributed by atoms with Crippen LogP contribution in [-0.4, -0.2) is 10.7 Å². The molecule has 0 saturated heterocycles. The average molecular weight is 281 g/mol. The fourth-order valence-electron chi connectivity index (χ4n) is 3.47. The van der Waals surface area contributed by atoms with Crippen molar-refractivity contribution in [3.05, 3.63) is 28.8 Å². The lowest BCUT2D eigenvalue weighted by Gasteiger charge is -2.42. The molecule has 19 heavy (non-hydrogen) atoms. The molecule has 0 amide bonds. The predicted octanol–water partition coefficient (Wildman–Crippen LogP) is 4.64. The molecule has 1 aliphatic carbocycles. The number of fused-ring (bicyclic) bond motifs is 1. The highest BCUT2D eigenvalue weighted by Crippen LogP contribution is 2.45. The van der Waals surface area contributed by atoms with E-state index in [1.54, 1.807) is 0 Å². The molecule has 3 rings (SSSR count). The summed E-state index contributed by atoms with van der Waals surface area (Å²) < 4.78 is 6.30. The van der Waals surface area contributed by atoms with Crippen molar-refractivity contribution in [1.29, 1.82) is 0 Å². The quantitative estimate of drug-likeness (QED) is 0.750. The minimum atomic E-state index is -0.443. The van der Waals surface area contributed by atoms with Gasteiger partial charge in [-0.2, -0.15) is 0 Å². The van der Waals surface area contributed by atoms with Crippen LogP contribution in [0.2, 0.25) is 5.02 Å². The molecule has 1 fully saturated rings. The van der Waals surface area contributed by atoms with Gasteiger partial charge in [0.2, 0.25) is 0 Å². The largest absolute Gasteiger partial charge is 0.487 e. The van der Waals surface area contributed by atoms with Gasteiger partial charge < -0.3 is 9.84 Å². The molecule has 3 heteroatoms. The van der Waals surface area contributed by atoms with E-state index in [1.807, 2.05) is 18.2 Å². The van der Waals surface area contributed by atoms with Gasteiger partial charge in [0.25, 0.3) is 0 Å². The number of ether oxygens (including phenoxy) is 1. The van der Waals surface area contributed by atoms with E-state index in [0.29, 0.717) is 11.4 Å². The molecule has 1 heterocycles. The summed E-state index contributed by atoms with van der Waals surface area (Å²) in [7, 11) is 0. The zero-order chi connectivity index (χ0) is 13.3. The van der Waals surface area contributed by atoms with Crippen LogP contribution in [0.15, 0.2) is 18.2 Å². The molecule has 2 aliphatic rings. The van der Waals surface area contributed by atoms with Crippen molar-refractivity contribution < 1.29 is 9.84 Å². The maximum atomic E-state index is 10.4. The highest BCUT2D eigenvalue weighted by Gasteiger charge is 2.40. The van der Waals surface area contributed by atoms with Gasteiger partial charge >= 0.3 is 0 Å². The fourth-order valence-corrected chi connectivity index (χ4v) is 3.65. The van der Waals surface area contributed by atoms with Crippen LogP contribution in [0.4, 0.5) is 0 Å². The van der Waals surface area contributed by atoms with Crippen LogP contribution in [0.1, 0.15) is 63.0 Å². The van der Waals surface area contributed by atoms with Gasteiger partial charge in [-0.3, -0.25) is 0 Å². The first-order valence-corrected chi connectivity index (χ1v) is 7.73. The second-order valence-corrected chi connectivity index (χ2v) is 6.39. The maximum Gasteiger partial charge on any atom is 0.126 e. The first kappa shape index (κ1) is 13.3. The molecule has 0 aromatic heterocycles. The monoisotopic (exact) mass is 280 g/mol. The first-order valence-electron chi connectivity index (χ1n) is 7.35. The van der Waals surface area contributed by atoms with Crippen LogP contribution >= 0.6 is 11.6 Å². The lowest BCUT2D eigenvalue weighted by Crippen LogP contribution is -2.41. The maximum absolute atomic E-state index is 10.4. The topological polar surface area (TPSA) is 29.5 Å². The lowest BCUT2D eigenvalue weighted by atomic mass is 9.79. The number of halogens is 1. The molecular formula is C16H21ClO2. The molecule has 1 N–H and O–H groups in total. The van der Waals surface area contributed by atoms with E-state index in [4.69, 9.17) is 16.3 Å². The van der Waals surface area contributed by atoms with Gasteiger partial charge in [-0.05, 0) is 43.9 Å². The molecule has 104 valence electrons. The SMILES string of the molecule is O[C@@H]1CC2(CCCCCCC2)Oc2ccc(Cl)cc21. The van der Waals surface area contributed by atoms with Gasteiger partial charge in [-0.25, -0.2) is 0 Å². The molecule has 0 unspecified atom stereocenters. The summed E-state index contributed by atoms with van der Waals surface area (Å²) >= 11 is 6.00. The minimum Gasteiger partial charge on any atom is -0.487 e. The van der Waals surface area contributed by atoms with Gasteiger partial charge in [0.1, 0.15) is 11.4 Å². The summed E-state index contributed by atoms with van der Waals surface area (Å²) in [5.74, 6) is 0.823. The predicted molar refractivity (Wildman–Crippen MR) is 76.7 cm³/mol. The van der Waals surface area contributed by atoms with Gasteiger partial charge in [0.05, 0.1) is 6.10 Å². The fraction of sp³-hybridized carbons (Fsp3) is 0.625. The Morgan fingerprint density at radius 3 is 2.53 bits per heavy atom. The number of hydrogen-bond donors (Lipinski definition) is 1. The molecular weight excluding hydrogens is 260 g/mol. The third-order valence-electron chi connectivity index (χ3n) is 4.49. The van der Waals surface area contributed by atoms with E-state index in [2.05, 4.69) is 0 Å². The molecule has 2 nitrogen and oxygen atoms in total. The van der Waals surface area contributed by atoms with Gasteiger partial charge in [0.15, 0.2) is 0 Å².